The molecule has 4 heteroatoms. The maximum absolute atomic E-state index is 5.66. The van der Waals surface area contributed by atoms with Crippen LogP contribution in [0.5, 0.6) is 0 Å². The Hall–Kier alpha value is -0.840. The van der Waals surface area contributed by atoms with E-state index in [4.69, 9.17) is 9.15 Å². The van der Waals surface area contributed by atoms with Gasteiger partial charge in [0.25, 0.3) is 0 Å². The zero-order valence-electron chi connectivity index (χ0n) is 14.5. The summed E-state index contributed by atoms with van der Waals surface area (Å²) in [5, 5.41) is 3.49. The monoisotopic (exact) mass is 296 g/mol. The summed E-state index contributed by atoms with van der Waals surface area (Å²) in [5.74, 6) is 1.04. The van der Waals surface area contributed by atoms with Gasteiger partial charge in [0, 0.05) is 37.3 Å². The molecule has 0 aliphatic heterocycles. The standard InChI is InChI=1S/C17H32N2O2/c1-7-14(2)19(9-11-20-6)13-15-8-10-21-16(15)12-18-17(3,4)5/h8,10,14,18H,7,9,11-13H2,1-6H3. The summed E-state index contributed by atoms with van der Waals surface area (Å²) in [6.45, 7) is 14.4. The summed E-state index contributed by atoms with van der Waals surface area (Å²) < 4.78 is 10.9. The molecule has 0 saturated heterocycles. The number of ether oxygens (including phenoxy) is 1. The number of methoxy groups -OCH3 is 1. The van der Waals surface area contributed by atoms with Crippen molar-refractivity contribution in [2.45, 2.75) is 65.7 Å². The van der Waals surface area contributed by atoms with E-state index in [9.17, 15) is 0 Å². The molecule has 1 heterocycles. The molecule has 0 aromatic carbocycles. The van der Waals surface area contributed by atoms with Gasteiger partial charge in [-0.2, -0.15) is 0 Å². The summed E-state index contributed by atoms with van der Waals surface area (Å²) in [5.41, 5.74) is 1.36. The molecule has 1 unspecified atom stereocenters. The van der Waals surface area contributed by atoms with Gasteiger partial charge >= 0.3 is 0 Å². The lowest BCUT2D eigenvalue weighted by Crippen LogP contribution is -2.36. The van der Waals surface area contributed by atoms with Gasteiger partial charge < -0.3 is 14.5 Å². The van der Waals surface area contributed by atoms with Crippen LogP contribution in [0.25, 0.3) is 0 Å². The third-order valence-corrected chi connectivity index (χ3v) is 3.79. The number of furan rings is 1. The summed E-state index contributed by atoms with van der Waals surface area (Å²) in [7, 11) is 1.76. The van der Waals surface area contributed by atoms with E-state index in [-0.39, 0.29) is 5.54 Å². The number of hydrogen-bond donors (Lipinski definition) is 1. The van der Waals surface area contributed by atoms with Crippen molar-refractivity contribution in [2.24, 2.45) is 0 Å². The second-order valence-electron chi connectivity index (χ2n) is 6.69. The molecular weight excluding hydrogens is 264 g/mol. The molecule has 0 saturated carbocycles. The Balaban J connectivity index is 2.68. The van der Waals surface area contributed by atoms with Crippen molar-refractivity contribution in [3.63, 3.8) is 0 Å². The number of hydrogen-bond acceptors (Lipinski definition) is 4. The zero-order valence-corrected chi connectivity index (χ0v) is 14.5. The maximum atomic E-state index is 5.66. The molecule has 0 radical (unpaired) electrons. The van der Waals surface area contributed by atoms with E-state index in [1.54, 1.807) is 13.4 Å². The predicted octanol–water partition coefficient (Wildman–Crippen LogP) is 3.41. The first-order valence-electron chi connectivity index (χ1n) is 7.90. The summed E-state index contributed by atoms with van der Waals surface area (Å²) in [6, 6.07) is 2.63. The lowest BCUT2D eigenvalue weighted by atomic mass is 10.1. The molecule has 1 atom stereocenters. The van der Waals surface area contributed by atoms with E-state index in [0.717, 1.165) is 38.4 Å². The molecular formula is C17H32N2O2. The van der Waals surface area contributed by atoms with Crippen LogP contribution >= 0.6 is 0 Å². The fourth-order valence-corrected chi connectivity index (χ4v) is 2.15. The van der Waals surface area contributed by atoms with Crippen molar-refractivity contribution >= 4 is 0 Å². The topological polar surface area (TPSA) is 37.6 Å². The van der Waals surface area contributed by atoms with Crippen LogP contribution in [0.1, 0.15) is 52.4 Å². The molecule has 1 N–H and O–H groups in total. The summed E-state index contributed by atoms with van der Waals surface area (Å²) in [4.78, 5) is 2.45. The average molecular weight is 296 g/mol. The van der Waals surface area contributed by atoms with Gasteiger partial charge in [0.2, 0.25) is 0 Å². The summed E-state index contributed by atoms with van der Waals surface area (Å²) >= 11 is 0. The molecule has 21 heavy (non-hydrogen) atoms. The Morgan fingerprint density at radius 2 is 2.10 bits per heavy atom. The lowest BCUT2D eigenvalue weighted by molar-refractivity contribution is 0.117. The zero-order chi connectivity index (χ0) is 15.9. The van der Waals surface area contributed by atoms with E-state index in [0.29, 0.717) is 6.04 Å². The van der Waals surface area contributed by atoms with Crippen LogP contribution in [0.3, 0.4) is 0 Å². The van der Waals surface area contributed by atoms with Gasteiger partial charge in [-0.25, -0.2) is 0 Å². The van der Waals surface area contributed by atoms with Crippen LogP contribution in [-0.4, -0.2) is 36.7 Å². The molecule has 0 amide bonds. The van der Waals surface area contributed by atoms with Gasteiger partial charge in [0.15, 0.2) is 0 Å². The van der Waals surface area contributed by atoms with Crippen LogP contribution in [0.2, 0.25) is 0 Å². The van der Waals surface area contributed by atoms with Crippen LogP contribution in [0.15, 0.2) is 16.7 Å². The van der Waals surface area contributed by atoms with E-state index < -0.39 is 0 Å². The minimum atomic E-state index is 0.0938. The van der Waals surface area contributed by atoms with Gasteiger partial charge in [0.05, 0.1) is 19.4 Å². The van der Waals surface area contributed by atoms with Crippen molar-refractivity contribution in [3.8, 4) is 0 Å². The van der Waals surface area contributed by atoms with Gasteiger partial charge in [-0.1, -0.05) is 6.92 Å². The highest BCUT2D eigenvalue weighted by Crippen LogP contribution is 2.17. The molecule has 0 aliphatic rings. The average Bonchev–Trinajstić information content (AvgIpc) is 2.86. The highest BCUT2D eigenvalue weighted by atomic mass is 16.5. The maximum Gasteiger partial charge on any atom is 0.122 e. The Morgan fingerprint density at radius 1 is 1.38 bits per heavy atom. The van der Waals surface area contributed by atoms with Crippen molar-refractivity contribution in [2.75, 3.05) is 20.3 Å². The number of nitrogens with one attached hydrogen (secondary N) is 1. The third-order valence-electron chi connectivity index (χ3n) is 3.79. The number of rotatable bonds is 9. The smallest absolute Gasteiger partial charge is 0.122 e. The largest absolute Gasteiger partial charge is 0.468 e. The Kier molecular flexibility index (Phi) is 7.43. The van der Waals surface area contributed by atoms with Crippen molar-refractivity contribution in [1.29, 1.82) is 0 Å². The summed E-state index contributed by atoms with van der Waals surface area (Å²) in [6.07, 6.45) is 2.93. The second kappa shape index (κ2) is 8.57. The molecule has 4 nitrogen and oxygen atoms in total. The predicted molar refractivity (Wildman–Crippen MR) is 87.3 cm³/mol. The van der Waals surface area contributed by atoms with E-state index >= 15 is 0 Å². The molecule has 122 valence electrons. The minimum absolute atomic E-state index is 0.0938. The minimum Gasteiger partial charge on any atom is -0.468 e. The van der Waals surface area contributed by atoms with Gasteiger partial charge in [-0.05, 0) is 40.2 Å². The van der Waals surface area contributed by atoms with Gasteiger partial charge in [0.1, 0.15) is 5.76 Å². The molecule has 0 aliphatic carbocycles. The number of nitrogens with zero attached hydrogens (tertiary/aromatic N) is 1. The van der Waals surface area contributed by atoms with Crippen molar-refractivity contribution < 1.29 is 9.15 Å². The lowest BCUT2D eigenvalue weighted by Gasteiger charge is -2.28. The highest BCUT2D eigenvalue weighted by molar-refractivity contribution is 5.17. The van der Waals surface area contributed by atoms with Gasteiger partial charge in [-0.15, -0.1) is 0 Å². The van der Waals surface area contributed by atoms with E-state index in [1.807, 2.05) is 0 Å². The normalized spacial score (nSPS) is 13.9. The second-order valence-corrected chi connectivity index (χ2v) is 6.69. The molecule has 1 aromatic rings. The van der Waals surface area contributed by atoms with Crippen LogP contribution in [0, 0.1) is 0 Å². The Morgan fingerprint density at radius 3 is 2.67 bits per heavy atom. The molecule has 1 aromatic heterocycles. The Bertz CT molecular complexity index is 396. The van der Waals surface area contributed by atoms with Crippen molar-refractivity contribution in [3.05, 3.63) is 23.7 Å². The van der Waals surface area contributed by atoms with Gasteiger partial charge in [-0.3, -0.25) is 4.90 Å². The first-order chi connectivity index (χ1) is 9.87. The first kappa shape index (κ1) is 18.2. The fourth-order valence-electron chi connectivity index (χ4n) is 2.15. The quantitative estimate of drug-likeness (QED) is 0.758. The highest BCUT2D eigenvalue weighted by Gasteiger charge is 2.17. The Labute approximate surface area is 129 Å². The fraction of sp³-hybridized carbons (Fsp3) is 0.765. The molecule has 0 bridgehead atoms. The SMILES string of the molecule is CCC(C)N(CCOC)Cc1ccoc1CNC(C)(C)C. The third kappa shape index (κ3) is 6.64. The van der Waals surface area contributed by atoms with E-state index in [2.05, 4.69) is 50.9 Å². The molecule has 1 rings (SSSR count). The molecule has 0 spiro atoms. The van der Waals surface area contributed by atoms with Crippen LogP contribution in [0.4, 0.5) is 0 Å². The van der Waals surface area contributed by atoms with E-state index in [1.165, 1.54) is 5.56 Å². The van der Waals surface area contributed by atoms with Crippen LogP contribution < -0.4 is 5.32 Å². The van der Waals surface area contributed by atoms with Crippen LogP contribution in [-0.2, 0) is 17.8 Å². The molecule has 0 fully saturated rings. The first-order valence-corrected chi connectivity index (χ1v) is 7.90. The van der Waals surface area contributed by atoms with Crippen molar-refractivity contribution in [1.82, 2.24) is 10.2 Å².